The predicted octanol–water partition coefficient (Wildman–Crippen LogP) is 2.02. The van der Waals surface area contributed by atoms with Crippen molar-refractivity contribution < 1.29 is 19.4 Å². The zero-order valence-electron chi connectivity index (χ0n) is 10.9. The summed E-state index contributed by atoms with van der Waals surface area (Å²) in [5, 5.41) is 18.6. The molecule has 0 unspecified atom stereocenters. The minimum atomic E-state index is -0.597. The van der Waals surface area contributed by atoms with Gasteiger partial charge >= 0.3 is 0 Å². The van der Waals surface area contributed by atoms with Gasteiger partial charge < -0.3 is 19.4 Å². The molecule has 104 valence electrons. The molecule has 0 saturated heterocycles. The lowest BCUT2D eigenvalue weighted by atomic mass is 10.1. The predicted molar refractivity (Wildman–Crippen MR) is 74.5 cm³/mol. The second-order valence-corrected chi connectivity index (χ2v) is 4.02. The topological polar surface area (TPSA) is 79.9 Å². The Kier molecular flexibility index (Phi) is 4.22. The number of methoxy groups -OCH3 is 1. The average Bonchev–Trinajstić information content (AvgIpc) is 2.48. The van der Waals surface area contributed by atoms with E-state index in [0.29, 0.717) is 5.75 Å². The average molecular weight is 274 g/mol. The van der Waals surface area contributed by atoms with Gasteiger partial charge in [-0.3, -0.25) is 4.79 Å². The molecular weight excluding hydrogens is 260 g/mol. The van der Waals surface area contributed by atoms with Crippen molar-refractivity contribution in [2.75, 3.05) is 7.11 Å². The van der Waals surface area contributed by atoms with Crippen LogP contribution in [0.1, 0.15) is 17.1 Å². The Balaban J connectivity index is 2.41. The van der Waals surface area contributed by atoms with Crippen molar-refractivity contribution in [2.45, 2.75) is 6.61 Å². The highest BCUT2D eigenvalue weighted by Crippen LogP contribution is 2.22. The number of ether oxygens (including phenoxy) is 1. The summed E-state index contributed by atoms with van der Waals surface area (Å²) in [7, 11) is 1.55. The molecule has 2 N–H and O–H groups in total. The maximum Gasteiger partial charge on any atom is 0.227 e. The first-order valence-corrected chi connectivity index (χ1v) is 5.93. The fourth-order valence-electron chi connectivity index (χ4n) is 1.72. The van der Waals surface area contributed by atoms with Crippen LogP contribution in [0.25, 0.3) is 12.2 Å². The number of benzene rings is 1. The molecule has 20 heavy (non-hydrogen) atoms. The fourth-order valence-corrected chi connectivity index (χ4v) is 1.72. The van der Waals surface area contributed by atoms with Gasteiger partial charge in [0.05, 0.1) is 7.11 Å². The summed E-state index contributed by atoms with van der Waals surface area (Å²) < 4.78 is 10.4. The minimum absolute atomic E-state index is 0.00699. The zero-order valence-corrected chi connectivity index (χ0v) is 10.9. The van der Waals surface area contributed by atoms with E-state index in [4.69, 9.17) is 14.3 Å². The van der Waals surface area contributed by atoms with Crippen molar-refractivity contribution in [3.63, 3.8) is 0 Å². The lowest BCUT2D eigenvalue weighted by molar-refractivity contribution is 0.240. The Morgan fingerprint density at radius 3 is 2.75 bits per heavy atom. The van der Waals surface area contributed by atoms with E-state index < -0.39 is 17.8 Å². The Morgan fingerprint density at radius 1 is 1.30 bits per heavy atom. The van der Waals surface area contributed by atoms with Gasteiger partial charge in [0, 0.05) is 11.6 Å². The molecule has 0 saturated carbocycles. The third-order valence-electron chi connectivity index (χ3n) is 2.71. The SMILES string of the molecule is COc1ccccc1/C=C/c1oc(CO)cc(=O)c1O. The third kappa shape index (κ3) is 2.89. The van der Waals surface area contributed by atoms with Gasteiger partial charge in [-0.15, -0.1) is 0 Å². The van der Waals surface area contributed by atoms with E-state index in [9.17, 15) is 9.90 Å². The maximum atomic E-state index is 11.5. The van der Waals surface area contributed by atoms with Crippen LogP contribution in [0.15, 0.2) is 39.5 Å². The molecule has 0 aliphatic rings. The van der Waals surface area contributed by atoms with Crippen molar-refractivity contribution in [3.8, 4) is 11.5 Å². The number of rotatable bonds is 4. The van der Waals surface area contributed by atoms with Crippen molar-refractivity contribution in [2.24, 2.45) is 0 Å². The van der Waals surface area contributed by atoms with Gasteiger partial charge in [0.15, 0.2) is 5.76 Å². The van der Waals surface area contributed by atoms with Crippen molar-refractivity contribution in [3.05, 3.63) is 57.6 Å². The van der Waals surface area contributed by atoms with E-state index in [0.717, 1.165) is 11.6 Å². The van der Waals surface area contributed by atoms with Gasteiger partial charge in [0.25, 0.3) is 0 Å². The Morgan fingerprint density at radius 2 is 2.05 bits per heavy atom. The van der Waals surface area contributed by atoms with Crippen molar-refractivity contribution in [1.29, 1.82) is 0 Å². The van der Waals surface area contributed by atoms with Gasteiger partial charge in [-0.25, -0.2) is 0 Å². The first kappa shape index (κ1) is 13.9. The molecule has 1 heterocycles. The summed E-state index contributed by atoms with van der Waals surface area (Å²) in [6, 6.07) is 8.33. The molecule has 5 nitrogen and oxygen atoms in total. The fraction of sp³-hybridized carbons (Fsp3) is 0.133. The number of hydrogen-bond donors (Lipinski definition) is 2. The van der Waals surface area contributed by atoms with E-state index in [1.807, 2.05) is 18.2 Å². The van der Waals surface area contributed by atoms with E-state index in [2.05, 4.69) is 0 Å². The van der Waals surface area contributed by atoms with Crippen LogP contribution in [-0.2, 0) is 6.61 Å². The number of hydrogen-bond acceptors (Lipinski definition) is 5. The first-order chi connectivity index (χ1) is 9.65. The molecule has 0 atom stereocenters. The molecule has 2 rings (SSSR count). The van der Waals surface area contributed by atoms with Crippen LogP contribution in [0.2, 0.25) is 0 Å². The molecule has 0 aliphatic heterocycles. The number of aliphatic hydroxyl groups is 1. The summed E-state index contributed by atoms with van der Waals surface area (Å²) in [5.74, 6) is 0.247. The molecule has 0 radical (unpaired) electrons. The van der Waals surface area contributed by atoms with Gasteiger partial charge in [-0.2, -0.15) is 0 Å². The highest BCUT2D eigenvalue weighted by Gasteiger charge is 2.08. The zero-order chi connectivity index (χ0) is 14.5. The van der Waals surface area contributed by atoms with Crippen LogP contribution >= 0.6 is 0 Å². The summed E-state index contributed by atoms with van der Waals surface area (Å²) in [5.41, 5.74) is 0.173. The van der Waals surface area contributed by atoms with Gasteiger partial charge in [0.1, 0.15) is 18.1 Å². The lowest BCUT2D eigenvalue weighted by Gasteiger charge is -2.04. The van der Waals surface area contributed by atoms with E-state index >= 15 is 0 Å². The van der Waals surface area contributed by atoms with Crippen LogP contribution in [0.5, 0.6) is 11.5 Å². The number of aliphatic hydroxyl groups excluding tert-OH is 1. The quantitative estimate of drug-likeness (QED) is 0.891. The standard InChI is InChI=1S/C15H14O5/c1-19-13-5-3-2-4-10(13)6-7-14-15(18)12(17)8-11(9-16)20-14/h2-8,16,18H,9H2,1H3/b7-6+. The lowest BCUT2D eigenvalue weighted by Crippen LogP contribution is -2.02. The van der Waals surface area contributed by atoms with Gasteiger partial charge in [-0.05, 0) is 18.2 Å². The second kappa shape index (κ2) is 6.08. The third-order valence-corrected chi connectivity index (χ3v) is 2.71. The number of para-hydroxylation sites is 1. The summed E-state index contributed by atoms with van der Waals surface area (Å²) in [6.45, 7) is -0.412. The van der Waals surface area contributed by atoms with Crippen molar-refractivity contribution >= 4 is 12.2 Å². The van der Waals surface area contributed by atoms with Gasteiger partial charge in [-0.1, -0.05) is 18.2 Å². The second-order valence-electron chi connectivity index (χ2n) is 4.02. The number of aromatic hydroxyl groups is 1. The minimum Gasteiger partial charge on any atom is -0.502 e. The summed E-state index contributed by atoms with van der Waals surface area (Å²) >= 11 is 0. The molecule has 0 spiro atoms. The molecule has 5 heteroatoms. The molecule has 0 amide bonds. The van der Waals surface area contributed by atoms with Crippen LogP contribution in [0, 0.1) is 0 Å². The Labute approximate surface area is 115 Å². The van der Waals surface area contributed by atoms with Crippen LogP contribution in [0.3, 0.4) is 0 Å². The van der Waals surface area contributed by atoms with Crippen molar-refractivity contribution in [1.82, 2.24) is 0 Å². The largest absolute Gasteiger partial charge is 0.502 e. The highest BCUT2D eigenvalue weighted by atomic mass is 16.5. The van der Waals surface area contributed by atoms with E-state index in [-0.39, 0.29) is 11.5 Å². The Hall–Kier alpha value is -2.53. The van der Waals surface area contributed by atoms with Crippen LogP contribution in [0.4, 0.5) is 0 Å². The molecular formula is C15H14O5. The molecule has 0 fully saturated rings. The molecule has 0 bridgehead atoms. The smallest absolute Gasteiger partial charge is 0.227 e. The van der Waals surface area contributed by atoms with Gasteiger partial charge in [0.2, 0.25) is 11.2 Å². The first-order valence-electron chi connectivity index (χ1n) is 5.93. The van der Waals surface area contributed by atoms with Crippen LogP contribution < -0.4 is 10.2 Å². The summed E-state index contributed by atoms with van der Waals surface area (Å²) in [4.78, 5) is 11.5. The van der Waals surface area contributed by atoms with Crippen LogP contribution in [-0.4, -0.2) is 17.3 Å². The van der Waals surface area contributed by atoms with E-state index in [1.165, 1.54) is 6.08 Å². The summed E-state index contributed by atoms with van der Waals surface area (Å²) in [6.07, 6.45) is 3.10. The molecule has 0 aliphatic carbocycles. The molecule has 1 aromatic heterocycles. The normalized spacial score (nSPS) is 10.9. The highest BCUT2D eigenvalue weighted by molar-refractivity contribution is 5.72. The molecule has 1 aromatic carbocycles. The molecule has 2 aromatic rings. The maximum absolute atomic E-state index is 11.5. The monoisotopic (exact) mass is 274 g/mol. The Bertz CT molecular complexity index is 685. The van der Waals surface area contributed by atoms with E-state index in [1.54, 1.807) is 19.3 Å².